The summed E-state index contributed by atoms with van der Waals surface area (Å²) in [6, 6.07) is 10.4. The van der Waals surface area contributed by atoms with Crippen molar-refractivity contribution in [2.75, 3.05) is 20.8 Å². The quantitative estimate of drug-likeness (QED) is 0.639. The summed E-state index contributed by atoms with van der Waals surface area (Å²) in [5.41, 5.74) is 1.74. The van der Waals surface area contributed by atoms with Crippen LogP contribution in [0.15, 0.2) is 48.8 Å². The molecule has 0 unspecified atom stereocenters. The molecule has 3 aromatic rings. The first kappa shape index (κ1) is 18.2. The third-order valence-electron chi connectivity index (χ3n) is 3.83. The lowest BCUT2D eigenvalue weighted by molar-refractivity contribution is -0.143. The van der Waals surface area contributed by atoms with Crippen molar-refractivity contribution < 1.29 is 23.8 Å². The van der Waals surface area contributed by atoms with E-state index in [0.29, 0.717) is 22.8 Å². The molecule has 0 bridgehead atoms. The summed E-state index contributed by atoms with van der Waals surface area (Å²) in [5, 5.41) is 2.51. The maximum Gasteiger partial charge on any atom is 0.325 e. The number of fused-ring (bicyclic) bond motifs is 1. The molecule has 0 aliphatic carbocycles. The molecule has 0 atom stereocenters. The number of nitrogens with one attached hydrogen (secondary N) is 1. The third-order valence-corrected chi connectivity index (χ3v) is 3.83. The molecular weight excluding hydrogens is 350 g/mol. The number of hydrogen-bond acceptors (Lipinski definition) is 6. The maximum absolute atomic E-state index is 12.2. The summed E-state index contributed by atoms with van der Waals surface area (Å²) in [4.78, 5) is 28.4. The molecule has 2 aromatic heterocycles. The Morgan fingerprint density at radius 1 is 1.11 bits per heavy atom. The minimum Gasteiger partial charge on any atom is -0.493 e. The number of amides is 1. The molecule has 1 amide bonds. The molecule has 0 saturated carbocycles. The lowest BCUT2D eigenvalue weighted by atomic mass is 10.2. The minimum absolute atomic E-state index is 0.0345. The second kappa shape index (κ2) is 8.22. The van der Waals surface area contributed by atoms with E-state index < -0.39 is 11.9 Å². The standard InChI is InChI=1S/C19H19N3O5/c1-25-15-7-6-13(9-16(15)26-2)19(24)20-10-18(23)27-12-14-11-22-8-4-3-5-17(22)21-14/h3-9,11H,10,12H2,1-2H3,(H,20,24). The summed E-state index contributed by atoms with van der Waals surface area (Å²) in [5.74, 6) is -0.0259. The summed E-state index contributed by atoms with van der Waals surface area (Å²) < 4.78 is 17.3. The molecule has 8 nitrogen and oxygen atoms in total. The number of rotatable bonds is 7. The molecule has 8 heteroatoms. The van der Waals surface area contributed by atoms with E-state index in [1.807, 2.05) is 28.8 Å². The van der Waals surface area contributed by atoms with E-state index in [2.05, 4.69) is 10.3 Å². The fourth-order valence-electron chi connectivity index (χ4n) is 2.49. The Labute approximate surface area is 155 Å². The van der Waals surface area contributed by atoms with Crippen molar-refractivity contribution in [2.24, 2.45) is 0 Å². The first-order chi connectivity index (χ1) is 13.1. The fraction of sp³-hybridized carbons (Fsp3) is 0.211. The Kier molecular flexibility index (Phi) is 5.55. The van der Waals surface area contributed by atoms with E-state index in [1.165, 1.54) is 20.3 Å². The molecule has 1 N–H and O–H groups in total. The Bertz CT molecular complexity index is 934. The predicted molar refractivity (Wildman–Crippen MR) is 96.9 cm³/mol. The highest BCUT2D eigenvalue weighted by atomic mass is 16.5. The van der Waals surface area contributed by atoms with E-state index in [-0.39, 0.29) is 13.2 Å². The Balaban J connectivity index is 1.51. The normalized spacial score (nSPS) is 10.4. The van der Waals surface area contributed by atoms with Crippen LogP contribution in [0.1, 0.15) is 16.1 Å². The first-order valence-corrected chi connectivity index (χ1v) is 8.19. The molecule has 0 spiro atoms. The zero-order valence-corrected chi connectivity index (χ0v) is 15.0. The highest BCUT2D eigenvalue weighted by Crippen LogP contribution is 2.27. The molecule has 0 saturated heterocycles. The smallest absolute Gasteiger partial charge is 0.325 e. The van der Waals surface area contributed by atoms with Crippen LogP contribution in [0.4, 0.5) is 0 Å². The number of carbonyl (C=O) groups is 2. The molecule has 3 rings (SSSR count). The van der Waals surface area contributed by atoms with Crippen LogP contribution in [0.5, 0.6) is 11.5 Å². The van der Waals surface area contributed by atoms with Gasteiger partial charge in [0.25, 0.3) is 5.91 Å². The minimum atomic E-state index is -0.555. The van der Waals surface area contributed by atoms with Crippen LogP contribution < -0.4 is 14.8 Å². The topological polar surface area (TPSA) is 91.2 Å². The number of benzene rings is 1. The summed E-state index contributed by atoms with van der Waals surface area (Å²) >= 11 is 0. The monoisotopic (exact) mass is 369 g/mol. The summed E-state index contributed by atoms with van der Waals surface area (Å²) in [6.07, 6.45) is 3.64. The molecule has 0 fully saturated rings. The number of ether oxygens (including phenoxy) is 3. The van der Waals surface area contributed by atoms with Gasteiger partial charge in [0.15, 0.2) is 11.5 Å². The van der Waals surface area contributed by atoms with Gasteiger partial charge in [-0.05, 0) is 30.3 Å². The molecular formula is C19H19N3O5. The highest BCUT2D eigenvalue weighted by Gasteiger charge is 2.13. The molecule has 0 aliphatic heterocycles. The third kappa shape index (κ3) is 4.35. The van der Waals surface area contributed by atoms with Crippen LogP contribution in [0.25, 0.3) is 5.65 Å². The fourth-order valence-corrected chi connectivity index (χ4v) is 2.49. The van der Waals surface area contributed by atoms with Gasteiger partial charge in [0.2, 0.25) is 0 Å². The zero-order chi connectivity index (χ0) is 19.2. The Morgan fingerprint density at radius 2 is 1.93 bits per heavy atom. The first-order valence-electron chi connectivity index (χ1n) is 8.19. The van der Waals surface area contributed by atoms with Crippen LogP contribution in [-0.2, 0) is 16.1 Å². The van der Waals surface area contributed by atoms with E-state index in [4.69, 9.17) is 14.2 Å². The van der Waals surface area contributed by atoms with Crippen molar-refractivity contribution in [3.05, 3.63) is 60.0 Å². The van der Waals surface area contributed by atoms with Crippen molar-refractivity contribution in [3.63, 3.8) is 0 Å². The van der Waals surface area contributed by atoms with Crippen molar-refractivity contribution in [2.45, 2.75) is 6.61 Å². The van der Waals surface area contributed by atoms with Crippen molar-refractivity contribution in [1.82, 2.24) is 14.7 Å². The van der Waals surface area contributed by atoms with E-state index >= 15 is 0 Å². The highest BCUT2D eigenvalue weighted by molar-refractivity contribution is 5.96. The number of carbonyl (C=O) groups excluding carboxylic acids is 2. The number of aromatic nitrogens is 2. The van der Waals surface area contributed by atoms with Gasteiger partial charge in [0.1, 0.15) is 18.8 Å². The van der Waals surface area contributed by atoms with E-state index in [0.717, 1.165) is 5.65 Å². The van der Waals surface area contributed by atoms with Crippen molar-refractivity contribution in [1.29, 1.82) is 0 Å². The van der Waals surface area contributed by atoms with Gasteiger partial charge in [-0.15, -0.1) is 0 Å². The Hall–Kier alpha value is -3.55. The number of imidazole rings is 1. The summed E-state index contributed by atoms with van der Waals surface area (Å²) in [6.45, 7) is -0.215. The van der Waals surface area contributed by atoms with Crippen LogP contribution in [0.2, 0.25) is 0 Å². The van der Waals surface area contributed by atoms with E-state index in [9.17, 15) is 9.59 Å². The summed E-state index contributed by atoms with van der Waals surface area (Å²) in [7, 11) is 2.99. The van der Waals surface area contributed by atoms with Crippen LogP contribution in [0.3, 0.4) is 0 Å². The zero-order valence-electron chi connectivity index (χ0n) is 15.0. The second-order valence-electron chi connectivity index (χ2n) is 5.61. The van der Waals surface area contributed by atoms with Crippen LogP contribution >= 0.6 is 0 Å². The Morgan fingerprint density at radius 3 is 2.67 bits per heavy atom. The number of nitrogens with zero attached hydrogens (tertiary/aromatic N) is 2. The lowest BCUT2D eigenvalue weighted by Crippen LogP contribution is -2.30. The van der Waals surface area contributed by atoms with Gasteiger partial charge < -0.3 is 23.9 Å². The lowest BCUT2D eigenvalue weighted by Gasteiger charge is -2.10. The average Bonchev–Trinajstić information content (AvgIpc) is 3.12. The number of hydrogen-bond donors (Lipinski definition) is 1. The van der Waals surface area contributed by atoms with Gasteiger partial charge in [0, 0.05) is 18.0 Å². The molecule has 140 valence electrons. The van der Waals surface area contributed by atoms with Crippen molar-refractivity contribution >= 4 is 17.5 Å². The van der Waals surface area contributed by atoms with Gasteiger partial charge in [-0.2, -0.15) is 0 Å². The number of esters is 1. The van der Waals surface area contributed by atoms with Crippen molar-refractivity contribution in [3.8, 4) is 11.5 Å². The molecule has 0 aliphatic rings. The van der Waals surface area contributed by atoms with Crippen LogP contribution in [0, 0.1) is 0 Å². The molecule has 1 aromatic carbocycles. The van der Waals surface area contributed by atoms with Gasteiger partial charge in [-0.25, -0.2) is 4.98 Å². The molecule has 2 heterocycles. The van der Waals surface area contributed by atoms with E-state index in [1.54, 1.807) is 18.3 Å². The average molecular weight is 369 g/mol. The van der Waals surface area contributed by atoms with Gasteiger partial charge in [-0.3, -0.25) is 9.59 Å². The maximum atomic E-state index is 12.2. The van der Waals surface area contributed by atoms with Gasteiger partial charge in [0.05, 0.1) is 19.9 Å². The SMILES string of the molecule is COc1ccc(C(=O)NCC(=O)OCc2cn3ccccc3n2)cc1OC. The number of methoxy groups -OCH3 is 2. The molecule has 27 heavy (non-hydrogen) atoms. The predicted octanol–water partition coefficient (Wildman–Crippen LogP) is 1.82. The molecule has 0 radical (unpaired) electrons. The number of pyridine rings is 1. The largest absolute Gasteiger partial charge is 0.493 e. The second-order valence-corrected chi connectivity index (χ2v) is 5.61. The van der Waals surface area contributed by atoms with Gasteiger partial charge in [-0.1, -0.05) is 6.07 Å². The van der Waals surface area contributed by atoms with Gasteiger partial charge >= 0.3 is 5.97 Å². The van der Waals surface area contributed by atoms with Crippen LogP contribution in [-0.4, -0.2) is 42.0 Å².